The molecule has 13 heavy (non-hydrogen) atoms. The smallest absolute Gasteiger partial charge is 0.137 e. The number of halogens is 1. The first-order valence-electron chi connectivity index (χ1n) is 4.59. The van der Waals surface area contributed by atoms with Gasteiger partial charge in [-0.25, -0.2) is 4.98 Å². The van der Waals surface area contributed by atoms with Gasteiger partial charge in [-0.15, -0.1) is 0 Å². The molecule has 70 valence electrons. The molecule has 0 radical (unpaired) electrons. The molecule has 0 bridgehead atoms. The Morgan fingerprint density at radius 3 is 2.92 bits per heavy atom. The van der Waals surface area contributed by atoms with Crippen LogP contribution in [0.5, 0.6) is 5.75 Å². The van der Waals surface area contributed by atoms with Crippen LogP contribution in [0, 0.1) is 5.92 Å². The molecule has 1 heterocycles. The minimum atomic E-state index is 0.509. The van der Waals surface area contributed by atoms with Gasteiger partial charge in [0.15, 0.2) is 0 Å². The van der Waals surface area contributed by atoms with Gasteiger partial charge in [-0.3, -0.25) is 0 Å². The first-order valence-corrected chi connectivity index (χ1v) is 4.97. The Hall–Kier alpha value is -0.760. The molecule has 0 N–H and O–H groups in total. The van der Waals surface area contributed by atoms with Crippen molar-refractivity contribution in [2.24, 2.45) is 5.92 Å². The highest BCUT2D eigenvalue weighted by Crippen LogP contribution is 2.32. The fourth-order valence-corrected chi connectivity index (χ4v) is 1.31. The summed E-state index contributed by atoms with van der Waals surface area (Å²) in [6.07, 6.45) is 5.59. The maximum atomic E-state index is 5.64. The van der Waals surface area contributed by atoms with Crippen LogP contribution >= 0.6 is 11.6 Å². The minimum Gasteiger partial charge on any atom is -0.492 e. The summed E-state index contributed by atoms with van der Waals surface area (Å²) >= 11 is 5.64. The summed E-state index contributed by atoms with van der Waals surface area (Å²) in [5.41, 5.74) is 0. The zero-order chi connectivity index (χ0) is 9.10. The average Bonchev–Trinajstić information content (AvgIpc) is 2.92. The Bertz CT molecular complexity index is 269. The molecule has 0 atom stereocenters. The third kappa shape index (κ3) is 2.88. The van der Waals surface area contributed by atoms with Gasteiger partial charge in [0.2, 0.25) is 0 Å². The zero-order valence-electron chi connectivity index (χ0n) is 7.37. The van der Waals surface area contributed by atoms with Gasteiger partial charge in [0.05, 0.1) is 12.8 Å². The van der Waals surface area contributed by atoms with Crippen LogP contribution in [0.1, 0.15) is 19.3 Å². The van der Waals surface area contributed by atoms with Crippen LogP contribution in [0.3, 0.4) is 0 Å². The molecule has 0 amide bonds. The summed E-state index contributed by atoms with van der Waals surface area (Å²) in [6, 6.07) is 3.59. The van der Waals surface area contributed by atoms with Crippen molar-refractivity contribution >= 4 is 11.6 Å². The highest BCUT2D eigenvalue weighted by atomic mass is 35.5. The molecule has 3 heteroatoms. The van der Waals surface area contributed by atoms with E-state index in [1.54, 1.807) is 12.3 Å². The fourth-order valence-electron chi connectivity index (χ4n) is 1.20. The Labute approximate surface area is 82.9 Å². The topological polar surface area (TPSA) is 22.1 Å². The second-order valence-corrected chi connectivity index (χ2v) is 3.78. The van der Waals surface area contributed by atoms with Crippen LogP contribution in [-0.2, 0) is 0 Å². The quantitative estimate of drug-likeness (QED) is 0.693. The Morgan fingerprint density at radius 2 is 2.31 bits per heavy atom. The number of aromatic nitrogens is 1. The molecular formula is C10H12ClNO. The monoisotopic (exact) mass is 197 g/mol. The van der Waals surface area contributed by atoms with E-state index in [4.69, 9.17) is 16.3 Å². The summed E-state index contributed by atoms with van der Waals surface area (Å²) in [4.78, 5) is 3.93. The normalized spacial score (nSPS) is 15.8. The van der Waals surface area contributed by atoms with Gasteiger partial charge in [-0.2, -0.15) is 0 Å². The lowest BCUT2D eigenvalue weighted by molar-refractivity contribution is 0.301. The Balaban J connectivity index is 1.76. The standard InChI is InChI=1S/C10H12ClNO/c11-10-4-3-9(7-12-10)13-6-5-8-1-2-8/h3-4,7-8H,1-2,5-6H2. The van der Waals surface area contributed by atoms with E-state index in [1.165, 1.54) is 19.3 Å². The summed E-state index contributed by atoms with van der Waals surface area (Å²) in [5.74, 6) is 1.73. The van der Waals surface area contributed by atoms with Crippen LogP contribution in [0.15, 0.2) is 18.3 Å². The second kappa shape index (κ2) is 3.97. The Kier molecular flexibility index (Phi) is 2.69. The van der Waals surface area contributed by atoms with E-state index in [9.17, 15) is 0 Å². The molecule has 0 spiro atoms. The molecule has 1 aliphatic rings. The van der Waals surface area contributed by atoms with Crippen molar-refractivity contribution in [1.29, 1.82) is 0 Å². The van der Waals surface area contributed by atoms with Gasteiger partial charge < -0.3 is 4.74 Å². The molecule has 1 aromatic heterocycles. The van der Waals surface area contributed by atoms with E-state index in [2.05, 4.69) is 4.98 Å². The molecular weight excluding hydrogens is 186 g/mol. The van der Waals surface area contributed by atoms with E-state index < -0.39 is 0 Å². The van der Waals surface area contributed by atoms with Crippen molar-refractivity contribution in [2.75, 3.05) is 6.61 Å². The van der Waals surface area contributed by atoms with Crippen molar-refractivity contribution in [1.82, 2.24) is 4.98 Å². The maximum Gasteiger partial charge on any atom is 0.137 e. The molecule has 0 unspecified atom stereocenters. The Morgan fingerprint density at radius 1 is 1.46 bits per heavy atom. The van der Waals surface area contributed by atoms with Gasteiger partial charge >= 0.3 is 0 Å². The summed E-state index contributed by atoms with van der Waals surface area (Å²) in [6.45, 7) is 0.800. The van der Waals surface area contributed by atoms with Gasteiger partial charge in [-0.1, -0.05) is 24.4 Å². The molecule has 1 fully saturated rings. The van der Waals surface area contributed by atoms with E-state index in [0.717, 1.165) is 18.3 Å². The van der Waals surface area contributed by atoms with Crippen molar-refractivity contribution in [3.8, 4) is 5.75 Å². The van der Waals surface area contributed by atoms with E-state index in [-0.39, 0.29) is 0 Å². The van der Waals surface area contributed by atoms with E-state index >= 15 is 0 Å². The molecule has 1 aliphatic carbocycles. The number of nitrogens with zero attached hydrogens (tertiary/aromatic N) is 1. The fraction of sp³-hybridized carbons (Fsp3) is 0.500. The van der Waals surface area contributed by atoms with Crippen LogP contribution in [0.4, 0.5) is 0 Å². The first kappa shape index (κ1) is 8.82. The number of ether oxygens (including phenoxy) is 1. The largest absolute Gasteiger partial charge is 0.492 e. The van der Waals surface area contributed by atoms with Crippen LogP contribution in [-0.4, -0.2) is 11.6 Å². The molecule has 0 aliphatic heterocycles. The van der Waals surface area contributed by atoms with Gasteiger partial charge in [0.25, 0.3) is 0 Å². The highest BCUT2D eigenvalue weighted by molar-refractivity contribution is 6.29. The van der Waals surface area contributed by atoms with E-state index in [1.807, 2.05) is 6.07 Å². The van der Waals surface area contributed by atoms with Crippen molar-refractivity contribution in [2.45, 2.75) is 19.3 Å². The number of pyridine rings is 1. The summed E-state index contributed by atoms with van der Waals surface area (Å²) < 4.78 is 5.49. The molecule has 0 aromatic carbocycles. The average molecular weight is 198 g/mol. The predicted octanol–water partition coefficient (Wildman–Crippen LogP) is 2.91. The third-order valence-corrected chi connectivity index (χ3v) is 2.42. The van der Waals surface area contributed by atoms with Crippen LogP contribution < -0.4 is 4.74 Å². The SMILES string of the molecule is Clc1ccc(OCCC2CC2)cn1. The first-order chi connectivity index (χ1) is 6.34. The van der Waals surface area contributed by atoms with Gasteiger partial charge in [0.1, 0.15) is 10.9 Å². The molecule has 2 nitrogen and oxygen atoms in total. The molecule has 2 rings (SSSR count). The number of hydrogen-bond acceptors (Lipinski definition) is 2. The van der Waals surface area contributed by atoms with Gasteiger partial charge in [0, 0.05) is 0 Å². The highest BCUT2D eigenvalue weighted by Gasteiger charge is 2.20. The lowest BCUT2D eigenvalue weighted by Crippen LogP contribution is -1.98. The van der Waals surface area contributed by atoms with Crippen molar-refractivity contribution in [3.05, 3.63) is 23.5 Å². The molecule has 0 saturated heterocycles. The zero-order valence-corrected chi connectivity index (χ0v) is 8.13. The number of rotatable bonds is 4. The molecule has 1 saturated carbocycles. The minimum absolute atomic E-state index is 0.509. The maximum absolute atomic E-state index is 5.64. The summed E-state index contributed by atoms with van der Waals surface area (Å²) in [5, 5.41) is 0.509. The van der Waals surface area contributed by atoms with Crippen molar-refractivity contribution in [3.63, 3.8) is 0 Å². The second-order valence-electron chi connectivity index (χ2n) is 3.40. The van der Waals surface area contributed by atoms with Crippen LogP contribution in [0.25, 0.3) is 0 Å². The van der Waals surface area contributed by atoms with Crippen LogP contribution in [0.2, 0.25) is 5.15 Å². The summed E-state index contributed by atoms with van der Waals surface area (Å²) in [7, 11) is 0. The lowest BCUT2D eigenvalue weighted by Gasteiger charge is -2.04. The third-order valence-electron chi connectivity index (χ3n) is 2.19. The van der Waals surface area contributed by atoms with Crippen molar-refractivity contribution < 1.29 is 4.74 Å². The molecule has 1 aromatic rings. The predicted molar refractivity (Wildman–Crippen MR) is 52.1 cm³/mol. The lowest BCUT2D eigenvalue weighted by atomic mass is 10.3. The van der Waals surface area contributed by atoms with Gasteiger partial charge in [-0.05, 0) is 24.5 Å². The van der Waals surface area contributed by atoms with E-state index in [0.29, 0.717) is 5.15 Å². The number of hydrogen-bond donors (Lipinski definition) is 0.